The Bertz CT molecular complexity index is 1330. The molecule has 3 aromatic rings. The van der Waals surface area contributed by atoms with Crippen LogP contribution in [0.5, 0.6) is 0 Å². The molecular formula is C26H30N6OS. The van der Waals surface area contributed by atoms with Gasteiger partial charge in [0, 0.05) is 24.3 Å². The van der Waals surface area contributed by atoms with Crippen molar-refractivity contribution in [1.82, 2.24) is 20.1 Å². The van der Waals surface area contributed by atoms with Gasteiger partial charge in [0.1, 0.15) is 0 Å². The second kappa shape index (κ2) is 8.52. The van der Waals surface area contributed by atoms with Gasteiger partial charge in [-0.3, -0.25) is 9.48 Å². The van der Waals surface area contributed by atoms with E-state index >= 15 is 0 Å². The van der Waals surface area contributed by atoms with Crippen LogP contribution in [0.15, 0.2) is 42.6 Å². The number of nitrogens with one attached hydrogen (secondary N) is 2. The molecule has 34 heavy (non-hydrogen) atoms. The molecule has 176 valence electrons. The summed E-state index contributed by atoms with van der Waals surface area (Å²) >= 11 is 1.53. The maximum Gasteiger partial charge on any atom is 0.223 e. The smallest absolute Gasteiger partial charge is 0.223 e. The number of hydrogen-bond donors (Lipinski definition) is 3. The number of amides is 1. The van der Waals surface area contributed by atoms with Crippen LogP contribution in [0.25, 0.3) is 16.1 Å². The molecule has 0 fully saturated rings. The standard InChI is InChI=1S/C26H30N6OS/c1-15-8-5-6-10-19(15)26(3,4)32-23-18(22(31-32)17-12-13-21(27)28-14-17)9-7-11-20-24(23)34-25(30-20)29-16(2)33/h5-6,8,10,12-14,21,28H,7,9,11,27H2,1-4H3,(H,29,30,33). The average Bonchev–Trinajstić information content (AvgIpc) is 3.31. The van der Waals surface area contributed by atoms with Crippen LogP contribution >= 0.6 is 11.3 Å². The van der Waals surface area contributed by atoms with Crippen LogP contribution in [-0.4, -0.2) is 26.8 Å². The first-order chi connectivity index (χ1) is 16.3. The molecule has 1 aliphatic carbocycles. The van der Waals surface area contributed by atoms with Gasteiger partial charge in [0.05, 0.1) is 33.7 Å². The minimum absolute atomic E-state index is 0.113. The normalized spacial score (nSPS) is 17.3. The van der Waals surface area contributed by atoms with E-state index < -0.39 is 5.54 Å². The molecular weight excluding hydrogens is 444 g/mol. The Hall–Kier alpha value is -3.23. The molecule has 3 heterocycles. The van der Waals surface area contributed by atoms with Crippen molar-refractivity contribution in [2.75, 3.05) is 5.32 Å². The lowest BCUT2D eigenvalue weighted by Gasteiger charge is -2.30. The zero-order valence-corrected chi connectivity index (χ0v) is 20.8. The molecule has 4 N–H and O–H groups in total. The molecule has 8 heteroatoms. The van der Waals surface area contributed by atoms with Gasteiger partial charge in [0.25, 0.3) is 0 Å². The molecule has 0 radical (unpaired) electrons. The molecule has 1 unspecified atom stereocenters. The number of nitrogens with two attached hydrogens (primary N) is 1. The molecule has 1 aromatic carbocycles. The highest BCUT2D eigenvalue weighted by atomic mass is 32.1. The number of aromatic nitrogens is 3. The third-order valence-corrected chi connectivity index (χ3v) is 7.56. The zero-order valence-electron chi connectivity index (χ0n) is 20.0. The van der Waals surface area contributed by atoms with E-state index in [2.05, 4.69) is 66.4 Å². The molecule has 2 aromatic heterocycles. The van der Waals surface area contributed by atoms with E-state index in [1.807, 2.05) is 12.3 Å². The number of aryl methyl sites for hydroxylation is 2. The number of carbonyl (C=O) groups is 1. The van der Waals surface area contributed by atoms with Gasteiger partial charge in [-0.2, -0.15) is 5.10 Å². The number of allylic oxidation sites excluding steroid dienone is 2. The third kappa shape index (κ3) is 3.86. The quantitative estimate of drug-likeness (QED) is 0.523. The zero-order chi connectivity index (χ0) is 24.0. The lowest BCUT2D eigenvalue weighted by molar-refractivity contribution is -0.114. The first-order valence-electron chi connectivity index (χ1n) is 11.6. The van der Waals surface area contributed by atoms with E-state index in [9.17, 15) is 4.79 Å². The maximum absolute atomic E-state index is 11.7. The van der Waals surface area contributed by atoms with Crippen LogP contribution in [0.2, 0.25) is 0 Å². The Morgan fingerprint density at radius 1 is 1.29 bits per heavy atom. The topological polar surface area (TPSA) is 97.9 Å². The number of rotatable bonds is 4. The lowest BCUT2D eigenvalue weighted by Crippen LogP contribution is -2.33. The number of nitrogens with zero attached hydrogens (tertiary/aromatic N) is 3. The molecule has 1 amide bonds. The second-order valence-corrected chi connectivity index (χ2v) is 10.4. The number of benzene rings is 1. The highest BCUT2D eigenvalue weighted by molar-refractivity contribution is 7.19. The Morgan fingerprint density at radius 3 is 2.79 bits per heavy atom. The number of hydrogen-bond acceptors (Lipinski definition) is 6. The molecule has 7 nitrogen and oxygen atoms in total. The van der Waals surface area contributed by atoms with Crippen molar-refractivity contribution >= 4 is 27.9 Å². The van der Waals surface area contributed by atoms with E-state index in [-0.39, 0.29) is 12.1 Å². The molecule has 0 saturated heterocycles. The van der Waals surface area contributed by atoms with Gasteiger partial charge < -0.3 is 16.4 Å². The summed E-state index contributed by atoms with van der Waals surface area (Å²) in [7, 11) is 0. The van der Waals surface area contributed by atoms with E-state index in [1.54, 1.807) is 0 Å². The van der Waals surface area contributed by atoms with E-state index in [4.69, 9.17) is 15.8 Å². The third-order valence-electron chi connectivity index (χ3n) is 6.54. The summed E-state index contributed by atoms with van der Waals surface area (Å²) in [4.78, 5) is 17.6. The monoisotopic (exact) mass is 474 g/mol. The Morgan fingerprint density at radius 2 is 2.09 bits per heavy atom. The minimum atomic E-state index is -0.407. The fourth-order valence-electron chi connectivity index (χ4n) is 4.92. The van der Waals surface area contributed by atoms with E-state index in [0.29, 0.717) is 5.13 Å². The molecule has 0 saturated carbocycles. The van der Waals surface area contributed by atoms with Crippen LogP contribution in [0.4, 0.5) is 5.13 Å². The van der Waals surface area contributed by atoms with Crippen LogP contribution in [0.1, 0.15) is 55.3 Å². The van der Waals surface area contributed by atoms with Gasteiger partial charge in [-0.15, -0.1) is 0 Å². The minimum Gasteiger partial charge on any atom is -0.372 e. The number of dihydropyridines is 1. The average molecular weight is 475 g/mol. The predicted molar refractivity (Wildman–Crippen MR) is 137 cm³/mol. The van der Waals surface area contributed by atoms with Crippen LogP contribution < -0.4 is 16.4 Å². The summed E-state index contributed by atoms with van der Waals surface area (Å²) in [6, 6.07) is 8.47. The summed E-state index contributed by atoms with van der Waals surface area (Å²) < 4.78 is 2.17. The molecule has 1 atom stereocenters. The van der Waals surface area contributed by atoms with Crippen molar-refractivity contribution < 1.29 is 4.79 Å². The SMILES string of the molecule is CC(=O)Nc1nc2c(s1)-c1c(c(C3=CNC(N)C=C3)nn1C(C)(C)c1ccccc1C)CCC2. The van der Waals surface area contributed by atoms with Crippen molar-refractivity contribution in [3.8, 4) is 10.6 Å². The molecule has 0 bridgehead atoms. The Labute approximate surface area is 203 Å². The summed E-state index contributed by atoms with van der Waals surface area (Å²) in [6.07, 6.45) is 8.51. The van der Waals surface area contributed by atoms with Gasteiger partial charge in [-0.05, 0) is 57.2 Å². The van der Waals surface area contributed by atoms with Gasteiger partial charge in [-0.1, -0.05) is 41.7 Å². The van der Waals surface area contributed by atoms with Crippen molar-refractivity contribution in [3.63, 3.8) is 0 Å². The first kappa shape index (κ1) is 22.6. The van der Waals surface area contributed by atoms with Crippen LogP contribution in [-0.2, 0) is 23.2 Å². The lowest BCUT2D eigenvalue weighted by atomic mass is 9.90. The number of carbonyl (C=O) groups excluding carboxylic acids is 1. The molecule has 1 aliphatic heterocycles. The van der Waals surface area contributed by atoms with E-state index in [1.165, 1.54) is 35.0 Å². The van der Waals surface area contributed by atoms with Crippen LogP contribution in [0.3, 0.4) is 0 Å². The second-order valence-electron chi connectivity index (χ2n) is 9.44. The number of anilines is 1. The van der Waals surface area contributed by atoms with Gasteiger partial charge in [0.2, 0.25) is 5.91 Å². The van der Waals surface area contributed by atoms with Gasteiger partial charge in [0.15, 0.2) is 5.13 Å². The van der Waals surface area contributed by atoms with Crippen molar-refractivity contribution in [2.45, 2.75) is 58.7 Å². The van der Waals surface area contributed by atoms with Gasteiger partial charge >= 0.3 is 0 Å². The summed E-state index contributed by atoms with van der Waals surface area (Å²) in [5.41, 5.74) is 13.4. The highest BCUT2D eigenvalue weighted by Crippen LogP contribution is 2.44. The highest BCUT2D eigenvalue weighted by Gasteiger charge is 2.35. The Kier molecular flexibility index (Phi) is 5.65. The largest absolute Gasteiger partial charge is 0.372 e. The van der Waals surface area contributed by atoms with Crippen LogP contribution in [0, 0.1) is 6.92 Å². The predicted octanol–water partition coefficient (Wildman–Crippen LogP) is 4.33. The maximum atomic E-state index is 11.7. The molecule has 5 rings (SSSR count). The fraction of sp³-hybridized carbons (Fsp3) is 0.346. The summed E-state index contributed by atoms with van der Waals surface area (Å²) in [6.45, 7) is 8.09. The fourth-order valence-corrected chi connectivity index (χ4v) is 6.03. The summed E-state index contributed by atoms with van der Waals surface area (Å²) in [5, 5.41) is 12.0. The first-order valence-corrected chi connectivity index (χ1v) is 12.4. The van der Waals surface area contributed by atoms with E-state index in [0.717, 1.165) is 46.8 Å². The molecule has 2 aliphatic rings. The molecule has 0 spiro atoms. The van der Waals surface area contributed by atoms with Crippen molar-refractivity contribution in [1.29, 1.82) is 0 Å². The van der Waals surface area contributed by atoms with Crippen molar-refractivity contribution in [2.24, 2.45) is 5.73 Å². The summed E-state index contributed by atoms with van der Waals surface area (Å²) in [5.74, 6) is -0.113. The number of thiazole rings is 1. The van der Waals surface area contributed by atoms with Crippen molar-refractivity contribution in [3.05, 3.63) is 70.7 Å². The Balaban J connectivity index is 1.76. The number of fused-ring (bicyclic) bond motifs is 3. The van der Waals surface area contributed by atoms with Gasteiger partial charge in [-0.25, -0.2) is 4.98 Å².